The van der Waals surface area contributed by atoms with Gasteiger partial charge in [0, 0.05) is 10.6 Å². The van der Waals surface area contributed by atoms with Crippen molar-refractivity contribution >= 4 is 62.4 Å². The monoisotopic (exact) mass is 783 g/mol. The molecule has 5 aromatic rings. The van der Waals surface area contributed by atoms with E-state index in [2.05, 4.69) is 30.7 Å². The Kier molecular flexibility index (Phi) is 11.5. The van der Waals surface area contributed by atoms with Crippen LogP contribution in [0.4, 0.5) is 15.4 Å². The van der Waals surface area contributed by atoms with Gasteiger partial charge in [-0.1, -0.05) is 53.5 Å². The summed E-state index contributed by atoms with van der Waals surface area (Å²) in [5, 5.41) is 10.1. The summed E-state index contributed by atoms with van der Waals surface area (Å²) in [5.41, 5.74) is 0.216. The summed E-state index contributed by atoms with van der Waals surface area (Å²) in [6.45, 7) is 11.9. The van der Waals surface area contributed by atoms with Gasteiger partial charge in [0.1, 0.15) is 28.5 Å². The topological polar surface area (TPSA) is 177 Å². The zero-order valence-electron chi connectivity index (χ0n) is 30.1. The summed E-state index contributed by atoms with van der Waals surface area (Å²) < 4.78 is 44.9. The Bertz CT molecular complexity index is 2250. The first-order chi connectivity index (χ1) is 24.8. The van der Waals surface area contributed by atoms with Gasteiger partial charge in [-0.15, -0.1) is 4.09 Å². The molecule has 2 N–H and O–H groups in total. The van der Waals surface area contributed by atoms with Gasteiger partial charge in [-0.2, -0.15) is 13.5 Å². The average molecular weight is 785 g/mol. The third kappa shape index (κ3) is 10.1. The first-order valence-corrected chi connectivity index (χ1v) is 18.6. The molecular formula is C36H39Cl2N7O7S. The summed E-state index contributed by atoms with van der Waals surface area (Å²) in [5.74, 6) is -0.0166. The van der Waals surface area contributed by atoms with Gasteiger partial charge in [0.25, 0.3) is 10.0 Å². The van der Waals surface area contributed by atoms with Crippen LogP contribution in [0.5, 0.6) is 5.75 Å². The minimum absolute atomic E-state index is 0.0101. The fraction of sp³-hybridized carbons (Fsp3) is 0.333. The lowest BCUT2D eigenvalue weighted by Gasteiger charge is -2.24. The van der Waals surface area contributed by atoms with E-state index in [9.17, 15) is 18.0 Å². The molecule has 2 amide bonds. The summed E-state index contributed by atoms with van der Waals surface area (Å²) in [6.07, 6.45) is 0.161. The number of anilines is 1. The van der Waals surface area contributed by atoms with E-state index in [1.807, 2.05) is 6.07 Å². The van der Waals surface area contributed by atoms with E-state index in [0.29, 0.717) is 17.1 Å². The van der Waals surface area contributed by atoms with E-state index in [-0.39, 0.29) is 50.6 Å². The predicted molar refractivity (Wildman–Crippen MR) is 201 cm³/mol. The standard InChI is InChI=1S/C36H39Cl2N7O7S/c1-21-29-32(45(44-21)53(48,49)25-14-9-8-10-15-25)39-19-27(41-29)26-18-28(31(42-30(26)38)43-34(47)52-36(5,6)7)50-20-24(40-33(46)51-35(2,3)4)17-22-12-11-13-23(37)16-22/h8-16,18-19,24H,17,20H2,1-7H3,(H,40,46)(H,42,43,47)/t24-/m1/s1. The van der Waals surface area contributed by atoms with Crippen LogP contribution in [0.15, 0.2) is 71.8 Å². The number of pyridine rings is 1. The second-order valence-electron chi connectivity index (χ2n) is 14.0. The number of hydrogen-bond acceptors (Lipinski definition) is 11. The van der Waals surface area contributed by atoms with E-state index in [0.717, 1.165) is 9.65 Å². The van der Waals surface area contributed by atoms with Crippen molar-refractivity contribution in [1.29, 1.82) is 0 Å². The van der Waals surface area contributed by atoms with Crippen LogP contribution in [-0.4, -0.2) is 68.6 Å². The molecule has 0 unspecified atom stereocenters. The zero-order chi connectivity index (χ0) is 38.7. The number of carbonyl (C=O) groups is 2. The molecule has 14 nitrogen and oxygen atoms in total. The molecule has 3 heterocycles. The van der Waals surface area contributed by atoms with Crippen LogP contribution < -0.4 is 15.4 Å². The molecule has 0 bridgehead atoms. The third-order valence-electron chi connectivity index (χ3n) is 7.15. The number of hydrogen-bond donors (Lipinski definition) is 2. The summed E-state index contributed by atoms with van der Waals surface area (Å²) in [6, 6.07) is 15.9. The van der Waals surface area contributed by atoms with Gasteiger partial charge in [0.2, 0.25) is 0 Å². The number of halogens is 2. The van der Waals surface area contributed by atoms with Crippen molar-refractivity contribution in [3.63, 3.8) is 0 Å². The first-order valence-electron chi connectivity index (χ1n) is 16.4. The largest absolute Gasteiger partial charge is 0.488 e. The third-order valence-corrected chi connectivity index (χ3v) is 9.26. The Balaban J connectivity index is 1.53. The molecule has 0 aliphatic heterocycles. The highest BCUT2D eigenvalue weighted by Gasteiger charge is 2.27. The zero-order valence-corrected chi connectivity index (χ0v) is 32.4. The number of nitrogens with one attached hydrogen (secondary N) is 2. The highest BCUT2D eigenvalue weighted by atomic mass is 35.5. The van der Waals surface area contributed by atoms with Crippen molar-refractivity contribution in [2.24, 2.45) is 0 Å². The first kappa shape index (κ1) is 39.2. The van der Waals surface area contributed by atoms with Crippen molar-refractivity contribution in [3.05, 3.63) is 88.3 Å². The van der Waals surface area contributed by atoms with Crippen LogP contribution >= 0.6 is 23.2 Å². The molecule has 280 valence electrons. The van der Waals surface area contributed by atoms with E-state index in [4.69, 9.17) is 37.4 Å². The Morgan fingerprint density at radius 1 is 0.906 bits per heavy atom. The lowest BCUT2D eigenvalue weighted by Crippen LogP contribution is -2.43. The molecule has 2 aromatic carbocycles. The Morgan fingerprint density at radius 3 is 2.25 bits per heavy atom. The van der Waals surface area contributed by atoms with Crippen molar-refractivity contribution in [2.45, 2.75) is 77.0 Å². The summed E-state index contributed by atoms with van der Waals surface area (Å²) >= 11 is 12.9. The van der Waals surface area contributed by atoms with E-state index >= 15 is 0 Å². The Labute approximate surface area is 317 Å². The van der Waals surface area contributed by atoms with Gasteiger partial charge in [0.15, 0.2) is 17.2 Å². The van der Waals surface area contributed by atoms with Crippen molar-refractivity contribution in [2.75, 3.05) is 11.9 Å². The number of nitrogens with zero attached hydrogens (tertiary/aromatic N) is 5. The molecule has 0 radical (unpaired) electrons. The molecule has 0 fully saturated rings. The molecule has 0 aliphatic carbocycles. The van der Waals surface area contributed by atoms with E-state index in [1.165, 1.54) is 24.4 Å². The molecule has 17 heteroatoms. The van der Waals surface area contributed by atoms with E-state index in [1.54, 1.807) is 84.9 Å². The molecule has 0 aliphatic rings. The maximum Gasteiger partial charge on any atom is 0.413 e. The quantitative estimate of drug-likeness (QED) is 0.133. The second kappa shape index (κ2) is 15.5. The number of ether oxygens (including phenoxy) is 3. The molecule has 3 aromatic heterocycles. The fourth-order valence-corrected chi connectivity index (χ4v) is 6.74. The number of amides is 2. The van der Waals surface area contributed by atoms with Crippen molar-refractivity contribution < 1.29 is 32.2 Å². The normalized spacial score (nSPS) is 12.6. The van der Waals surface area contributed by atoms with Gasteiger partial charge in [-0.25, -0.2) is 24.5 Å². The van der Waals surface area contributed by atoms with Crippen LogP contribution in [0, 0.1) is 6.92 Å². The van der Waals surface area contributed by atoms with Crippen LogP contribution in [0.2, 0.25) is 10.2 Å². The number of carbonyl (C=O) groups excluding carboxylic acids is 2. The van der Waals surface area contributed by atoms with Gasteiger partial charge in [-0.05, 0) is 90.8 Å². The number of alkyl carbamates (subject to hydrolysis) is 1. The number of aryl methyl sites for hydroxylation is 1. The maximum atomic E-state index is 13.4. The molecule has 0 saturated heterocycles. The molecule has 5 rings (SSSR count). The lowest BCUT2D eigenvalue weighted by atomic mass is 10.1. The van der Waals surface area contributed by atoms with Crippen LogP contribution in [0.25, 0.3) is 22.4 Å². The van der Waals surface area contributed by atoms with Crippen LogP contribution in [0.1, 0.15) is 52.8 Å². The average Bonchev–Trinajstić information content (AvgIpc) is 3.39. The SMILES string of the molecule is Cc1nn(S(=O)(=O)c2ccccc2)c2ncc(-c3cc(OC[C@@H](Cc4cccc(Cl)c4)NC(=O)OC(C)(C)C)c(NC(=O)OC(C)(C)C)nc3Cl)nc12. The van der Waals surface area contributed by atoms with Gasteiger partial charge >= 0.3 is 12.2 Å². The second-order valence-corrected chi connectivity index (χ2v) is 16.5. The van der Waals surface area contributed by atoms with Gasteiger partial charge < -0.3 is 19.5 Å². The number of benzene rings is 2. The minimum Gasteiger partial charge on any atom is -0.488 e. The minimum atomic E-state index is -4.08. The highest BCUT2D eigenvalue weighted by molar-refractivity contribution is 7.90. The molecule has 1 atom stereocenters. The summed E-state index contributed by atoms with van der Waals surface area (Å²) in [4.78, 5) is 39.2. The predicted octanol–water partition coefficient (Wildman–Crippen LogP) is 7.60. The Morgan fingerprint density at radius 2 is 1.58 bits per heavy atom. The van der Waals surface area contributed by atoms with Crippen molar-refractivity contribution in [1.82, 2.24) is 29.5 Å². The smallest absolute Gasteiger partial charge is 0.413 e. The van der Waals surface area contributed by atoms with Gasteiger partial charge in [0.05, 0.1) is 28.5 Å². The number of fused-ring (bicyclic) bond motifs is 1. The maximum absolute atomic E-state index is 13.4. The number of rotatable bonds is 10. The molecular weight excluding hydrogens is 745 g/mol. The molecule has 0 spiro atoms. The van der Waals surface area contributed by atoms with Crippen LogP contribution in [0.3, 0.4) is 0 Å². The lowest BCUT2D eigenvalue weighted by molar-refractivity contribution is 0.0487. The molecule has 0 saturated carbocycles. The fourth-order valence-electron chi connectivity index (χ4n) is 5.00. The van der Waals surface area contributed by atoms with E-state index < -0.39 is 39.5 Å². The highest BCUT2D eigenvalue weighted by Crippen LogP contribution is 2.35. The number of aromatic nitrogens is 5. The summed E-state index contributed by atoms with van der Waals surface area (Å²) in [7, 11) is -4.08. The van der Waals surface area contributed by atoms with Crippen LogP contribution in [-0.2, 0) is 25.9 Å². The van der Waals surface area contributed by atoms with Crippen molar-refractivity contribution in [3.8, 4) is 17.0 Å². The van der Waals surface area contributed by atoms with Gasteiger partial charge in [-0.3, -0.25) is 5.32 Å². The Hall–Kier alpha value is -4.99. The molecule has 53 heavy (non-hydrogen) atoms.